The third-order valence-electron chi connectivity index (χ3n) is 4.89. The molecule has 1 aromatic carbocycles. The van der Waals surface area contributed by atoms with Crippen LogP contribution in [-0.2, 0) is 0 Å². The largest absolute Gasteiger partial charge is 0.459 e. The van der Waals surface area contributed by atoms with Crippen LogP contribution in [-0.4, -0.2) is 34.8 Å². The van der Waals surface area contributed by atoms with Crippen LogP contribution in [0.2, 0.25) is 0 Å². The van der Waals surface area contributed by atoms with E-state index in [2.05, 4.69) is 10.3 Å². The van der Waals surface area contributed by atoms with E-state index in [-0.39, 0.29) is 11.8 Å². The molecule has 1 aliphatic rings. The number of hydrogen-bond donors (Lipinski definition) is 1. The van der Waals surface area contributed by atoms with E-state index in [4.69, 9.17) is 4.42 Å². The minimum Gasteiger partial charge on any atom is -0.459 e. The number of furan rings is 1. The molecule has 1 aliphatic heterocycles. The van der Waals surface area contributed by atoms with E-state index in [0.717, 1.165) is 37.3 Å². The summed E-state index contributed by atoms with van der Waals surface area (Å²) in [6, 6.07) is 9.11. The Hall–Kier alpha value is -2.93. The molecule has 1 saturated heterocycles. The van der Waals surface area contributed by atoms with E-state index in [1.54, 1.807) is 17.5 Å². The van der Waals surface area contributed by atoms with Crippen molar-refractivity contribution in [1.29, 1.82) is 0 Å². The van der Waals surface area contributed by atoms with E-state index in [9.17, 15) is 9.59 Å². The lowest BCUT2D eigenvalue weighted by molar-refractivity contribution is 0.0791. The number of carbonyl (C=O) groups excluding carboxylic acids is 2. The normalized spacial score (nSPS) is 13.7. The molecule has 0 unspecified atom stereocenters. The molecule has 2 amide bonds. The first-order valence-corrected chi connectivity index (χ1v) is 10.1. The maximum absolute atomic E-state index is 12.7. The van der Waals surface area contributed by atoms with Crippen molar-refractivity contribution in [2.45, 2.75) is 26.7 Å². The Labute approximate surface area is 167 Å². The van der Waals surface area contributed by atoms with Crippen LogP contribution >= 0.6 is 11.3 Å². The summed E-state index contributed by atoms with van der Waals surface area (Å²) < 4.78 is 5.56. The molecule has 0 aliphatic carbocycles. The summed E-state index contributed by atoms with van der Waals surface area (Å²) in [5.41, 5.74) is 2.35. The Morgan fingerprint density at radius 2 is 1.93 bits per heavy atom. The van der Waals surface area contributed by atoms with Gasteiger partial charge >= 0.3 is 0 Å². The predicted octanol–water partition coefficient (Wildman–Crippen LogP) is 4.51. The van der Waals surface area contributed by atoms with Gasteiger partial charge in [-0.15, -0.1) is 11.3 Å². The van der Waals surface area contributed by atoms with E-state index in [1.165, 1.54) is 11.3 Å². The van der Waals surface area contributed by atoms with Crippen LogP contribution in [0.25, 0.3) is 10.8 Å². The average Bonchev–Trinajstić information content (AvgIpc) is 3.44. The van der Waals surface area contributed by atoms with Gasteiger partial charge in [0.15, 0.2) is 10.8 Å². The molecule has 144 valence electrons. The number of nitrogens with one attached hydrogen (secondary N) is 1. The van der Waals surface area contributed by atoms with Gasteiger partial charge in [-0.05, 0) is 56.5 Å². The molecule has 3 aromatic rings. The minimum atomic E-state index is -0.306. The molecule has 6 nitrogen and oxygen atoms in total. The number of aromatic nitrogens is 1. The van der Waals surface area contributed by atoms with Crippen LogP contribution in [0.3, 0.4) is 0 Å². The van der Waals surface area contributed by atoms with Crippen LogP contribution in [0.5, 0.6) is 0 Å². The van der Waals surface area contributed by atoms with Crippen LogP contribution in [0.1, 0.15) is 45.0 Å². The van der Waals surface area contributed by atoms with Gasteiger partial charge in [0.05, 0.1) is 0 Å². The Morgan fingerprint density at radius 3 is 2.64 bits per heavy atom. The Morgan fingerprint density at radius 1 is 1.14 bits per heavy atom. The molecule has 0 spiro atoms. The molecule has 0 saturated carbocycles. The molecular formula is C21H21N3O3S. The van der Waals surface area contributed by atoms with Crippen LogP contribution in [0.4, 0.5) is 5.69 Å². The highest BCUT2D eigenvalue weighted by Gasteiger charge is 2.22. The number of thiazole rings is 1. The lowest BCUT2D eigenvalue weighted by Crippen LogP contribution is -2.28. The Kier molecular flexibility index (Phi) is 5.00. The maximum Gasteiger partial charge on any atom is 0.275 e. The lowest BCUT2D eigenvalue weighted by Gasteiger charge is -2.18. The van der Waals surface area contributed by atoms with Crippen molar-refractivity contribution >= 4 is 28.8 Å². The van der Waals surface area contributed by atoms with Gasteiger partial charge in [-0.3, -0.25) is 9.59 Å². The van der Waals surface area contributed by atoms with E-state index >= 15 is 0 Å². The smallest absolute Gasteiger partial charge is 0.275 e. The first-order chi connectivity index (χ1) is 13.5. The molecule has 1 N–H and O–H groups in total. The highest BCUT2D eigenvalue weighted by Crippen LogP contribution is 2.27. The number of amides is 2. The molecular weight excluding hydrogens is 374 g/mol. The summed E-state index contributed by atoms with van der Waals surface area (Å²) in [6.45, 7) is 5.31. The molecule has 1 fully saturated rings. The molecule has 3 heterocycles. The summed E-state index contributed by atoms with van der Waals surface area (Å²) in [7, 11) is 0. The first kappa shape index (κ1) is 18.4. The standard InChI is InChI=1S/C21H21N3O3S/c1-13-8-9-18(27-13)20-23-17(12-28-20)19(25)22-16-7-5-6-15(14(16)2)21(26)24-10-3-4-11-24/h5-9,12H,3-4,10-11H2,1-2H3,(H,22,25). The van der Waals surface area contributed by atoms with E-state index in [0.29, 0.717) is 27.7 Å². The molecule has 0 radical (unpaired) electrons. The number of anilines is 1. The van der Waals surface area contributed by atoms with Gasteiger partial charge in [0.25, 0.3) is 11.8 Å². The molecule has 0 atom stereocenters. The van der Waals surface area contributed by atoms with Gasteiger partial charge in [0, 0.05) is 29.7 Å². The van der Waals surface area contributed by atoms with Crippen molar-refractivity contribution in [2.24, 2.45) is 0 Å². The second kappa shape index (κ2) is 7.59. The monoisotopic (exact) mass is 395 g/mol. The Bertz CT molecular complexity index is 1030. The van der Waals surface area contributed by atoms with Gasteiger partial charge in [-0.2, -0.15) is 0 Å². The second-order valence-corrected chi connectivity index (χ2v) is 7.74. The fourth-order valence-electron chi connectivity index (χ4n) is 3.32. The molecule has 2 aromatic heterocycles. The Balaban J connectivity index is 1.53. The SMILES string of the molecule is Cc1ccc(-c2nc(C(=O)Nc3cccc(C(=O)N4CCCC4)c3C)cs2)o1. The van der Waals surface area contributed by atoms with E-state index in [1.807, 2.05) is 36.9 Å². The van der Waals surface area contributed by atoms with Crippen molar-refractivity contribution in [3.63, 3.8) is 0 Å². The molecule has 0 bridgehead atoms. The van der Waals surface area contributed by atoms with E-state index < -0.39 is 0 Å². The fourth-order valence-corrected chi connectivity index (χ4v) is 4.08. The van der Waals surface area contributed by atoms with Gasteiger partial charge in [0.1, 0.15) is 11.5 Å². The van der Waals surface area contributed by atoms with Gasteiger partial charge in [0.2, 0.25) is 0 Å². The number of carbonyl (C=O) groups is 2. The number of rotatable bonds is 4. The zero-order valence-corrected chi connectivity index (χ0v) is 16.6. The maximum atomic E-state index is 12.7. The summed E-state index contributed by atoms with van der Waals surface area (Å²) >= 11 is 1.36. The van der Waals surface area contributed by atoms with Crippen molar-refractivity contribution in [1.82, 2.24) is 9.88 Å². The molecule has 7 heteroatoms. The lowest BCUT2D eigenvalue weighted by atomic mass is 10.1. The summed E-state index contributed by atoms with van der Waals surface area (Å²) in [6.07, 6.45) is 2.09. The zero-order chi connectivity index (χ0) is 19.7. The van der Waals surface area contributed by atoms with Gasteiger partial charge in [-0.25, -0.2) is 4.98 Å². The summed E-state index contributed by atoms with van der Waals surface area (Å²) in [5.74, 6) is 1.16. The number of hydrogen-bond acceptors (Lipinski definition) is 5. The predicted molar refractivity (Wildman–Crippen MR) is 109 cm³/mol. The average molecular weight is 395 g/mol. The third kappa shape index (κ3) is 3.57. The van der Waals surface area contributed by atoms with Gasteiger partial charge in [-0.1, -0.05) is 6.07 Å². The van der Waals surface area contributed by atoms with Crippen molar-refractivity contribution in [2.75, 3.05) is 18.4 Å². The fraction of sp³-hybridized carbons (Fsp3) is 0.286. The zero-order valence-electron chi connectivity index (χ0n) is 15.8. The van der Waals surface area contributed by atoms with Crippen molar-refractivity contribution in [3.05, 3.63) is 58.3 Å². The second-order valence-electron chi connectivity index (χ2n) is 6.88. The van der Waals surface area contributed by atoms with Crippen LogP contribution < -0.4 is 5.32 Å². The van der Waals surface area contributed by atoms with Crippen LogP contribution in [0, 0.1) is 13.8 Å². The number of nitrogens with zero attached hydrogens (tertiary/aromatic N) is 2. The van der Waals surface area contributed by atoms with Crippen molar-refractivity contribution in [3.8, 4) is 10.8 Å². The molecule has 28 heavy (non-hydrogen) atoms. The third-order valence-corrected chi connectivity index (χ3v) is 5.75. The van der Waals surface area contributed by atoms with Crippen LogP contribution in [0.15, 0.2) is 40.1 Å². The minimum absolute atomic E-state index is 0.0234. The number of aryl methyl sites for hydroxylation is 1. The molecule has 4 rings (SSSR count). The number of benzene rings is 1. The highest BCUT2D eigenvalue weighted by atomic mass is 32.1. The van der Waals surface area contributed by atoms with Crippen molar-refractivity contribution < 1.29 is 14.0 Å². The highest BCUT2D eigenvalue weighted by molar-refractivity contribution is 7.13. The summed E-state index contributed by atoms with van der Waals surface area (Å²) in [4.78, 5) is 31.6. The quantitative estimate of drug-likeness (QED) is 0.705. The number of likely N-dealkylation sites (tertiary alicyclic amines) is 1. The summed E-state index contributed by atoms with van der Waals surface area (Å²) in [5, 5.41) is 5.25. The van der Waals surface area contributed by atoms with Gasteiger partial charge < -0.3 is 14.6 Å². The first-order valence-electron chi connectivity index (χ1n) is 9.25. The topological polar surface area (TPSA) is 75.4 Å².